The lowest BCUT2D eigenvalue weighted by molar-refractivity contribution is 1.05. The summed E-state index contributed by atoms with van der Waals surface area (Å²) in [6.07, 6.45) is 37.1. The van der Waals surface area contributed by atoms with Crippen molar-refractivity contribution in [2.24, 2.45) is 0 Å². The third kappa shape index (κ3) is 36.8. The Balaban J connectivity index is 0.000000203. The second-order valence-electron chi connectivity index (χ2n) is 22.3. The van der Waals surface area contributed by atoms with Gasteiger partial charge in [0.1, 0.15) is 12.2 Å². The molecule has 0 aliphatic rings. The van der Waals surface area contributed by atoms with Crippen LogP contribution in [0.1, 0.15) is 61.9 Å². The Labute approximate surface area is 597 Å². The summed E-state index contributed by atoms with van der Waals surface area (Å²) in [7, 11) is 0. The predicted molar refractivity (Wildman–Crippen MR) is 412 cm³/mol. The highest BCUT2D eigenvalue weighted by molar-refractivity contribution is 5.63. The van der Waals surface area contributed by atoms with Gasteiger partial charge in [0.2, 0.25) is 0 Å². The van der Waals surface area contributed by atoms with Gasteiger partial charge in [0.25, 0.3) is 0 Å². The molecule has 0 saturated heterocycles. The molecule has 0 aliphatic carbocycles. The van der Waals surface area contributed by atoms with Crippen LogP contribution in [0.25, 0.3) is 44.9 Å². The van der Waals surface area contributed by atoms with Gasteiger partial charge in [-0.3, -0.25) is 54.8 Å². The minimum Gasteiger partial charge on any atom is -0.265 e. The van der Waals surface area contributed by atoms with Crippen molar-refractivity contribution >= 4 is 0 Å². The normalized spacial score (nSPS) is 9.34. The molecule has 15 heteroatoms. The molecule has 0 radical (unpaired) electrons. The van der Waals surface area contributed by atoms with Crippen LogP contribution in [0.4, 0.5) is 0 Å². The molecular formula is C86H89N15. The molecule has 3 aromatic carbocycles. The topological polar surface area (TPSA) is 193 Å². The second-order valence-corrected chi connectivity index (χ2v) is 22.3. The van der Waals surface area contributed by atoms with Crippen LogP contribution in [0.5, 0.6) is 0 Å². The molecule has 508 valence electrons. The Kier molecular flexibility index (Phi) is 38.2. The highest BCUT2D eigenvalue weighted by atomic mass is 14.8. The van der Waals surface area contributed by atoms with Crippen molar-refractivity contribution < 1.29 is 0 Å². The lowest BCUT2D eigenvalue weighted by Crippen LogP contribution is -1.85. The first-order chi connectivity index (χ1) is 49.2. The first-order valence-corrected chi connectivity index (χ1v) is 32.6. The zero-order chi connectivity index (χ0) is 72.2. The summed E-state index contributed by atoms with van der Waals surface area (Å²) in [5.74, 6) is 0.822. The van der Waals surface area contributed by atoms with Crippen molar-refractivity contribution in [3.63, 3.8) is 0 Å². The Hall–Kier alpha value is -12.8. The molecule has 0 bridgehead atoms. The summed E-state index contributed by atoms with van der Waals surface area (Å²) in [5.41, 5.74) is 20.3. The van der Waals surface area contributed by atoms with E-state index in [9.17, 15) is 0 Å². The first-order valence-electron chi connectivity index (χ1n) is 32.6. The summed E-state index contributed by atoms with van der Waals surface area (Å²) in [4.78, 5) is 59.9. The number of nitrogens with zero attached hydrogens (tertiary/aromatic N) is 15. The highest BCUT2D eigenvalue weighted by Gasteiger charge is 2.00. The van der Waals surface area contributed by atoms with E-state index in [1.165, 1.54) is 50.8 Å². The van der Waals surface area contributed by atoms with Crippen LogP contribution in [0.2, 0.25) is 0 Å². The number of aromatic nitrogens is 15. The largest absolute Gasteiger partial charge is 0.265 e. The minimum absolute atomic E-state index is 0.822. The molecule has 15 aromatic rings. The van der Waals surface area contributed by atoms with Gasteiger partial charge < -0.3 is 0 Å². The summed E-state index contributed by atoms with van der Waals surface area (Å²) in [5, 5.41) is 0. The van der Waals surface area contributed by atoms with Crippen molar-refractivity contribution in [1.29, 1.82) is 0 Å². The van der Waals surface area contributed by atoms with E-state index in [-0.39, 0.29) is 0 Å². The van der Waals surface area contributed by atoms with Crippen LogP contribution in [-0.2, 0) is 0 Å². The van der Waals surface area contributed by atoms with E-state index in [2.05, 4.69) is 161 Å². The van der Waals surface area contributed by atoms with Gasteiger partial charge in [0.15, 0.2) is 0 Å². The third-order valence-corrected chi connectivity index (χ3v) is 13.3. The zero-order valence-corrected chi connectivity index (χ0v) is 59.5. The molecule has 0 aliphatic heterocycles. The van der Waals surface area contributed by atoms with Crippen LogP contribution >= 0.6 is 0 Å². The standard InChI is InChI=1S/C13H12.3C11H10N2.C7H8.3C6H7N.3C5H6N2/c1-11-7-9-13(10-8-11)12-5-3-2-4-6-12;1-9-4-5-11(8-13-9)10-3-2-6-12-7-10;1-9-4-5-11(13-7-9)10-3-2-6-12-8-10;1-9-5-6-11(13-8-9)10-4-2-3-7-12-10;1-7-5-3-2-4-6-7;1-6-2-4-7-5-3-6;1-6-3-2-4-7-5-6;1-6-4-2-3-5-7-6;1-5-2-6-4-7-3-5;1-5-4-6-2-3-7-5;1-5-6-3-2-4-7-5/h2-10H,1H3;3*2-8H,1H3;2-6H,1H3;3*2-5H,1H3;3*2-4H,1H3. The quantitative estimate of drug-likeness (QED) is 0.161. The number of pyridine rings is 9. The van der Waals surface area contributed by atoms with Gasteiger partial charge in [-0.25, -0.2) is 19.9 Å². The van der Waals surface area contributed by atoms with E-state index in [1.807, 2.05) is 233 Å². The Morgan fingerprint density at radius 2 is 0.604 bits per heavy atom. The maximum Gasteiger partial charge on any atom is 0.125 e. The SMILES string of the molecule is Cc1ccc(-c2ccccc2)cc1.Cc1ccc(-c2ccccn2)nc1.Cc1ccc(-c2cccnc2)cn1.Cc1ccc(-c2cccnc2)nc1.Cc1ccccc1.Cc1ccccn1.Cc1cccnc1.Cc1ccncc1.Cc1cnccn1.Cc1cncnc1.Cc1ncccn1. The molecule has 15 nitrogen and oxygen atoms in total. The fourth-order valence-electron chi connectivity index (χ4n) is 7.81. The van der Waals surface area contributed by atoms with Crippen LogP contribution in [-0.4, -0.2) is 74.8 Å². The molecule has 15 rings (SSSR count). The Morgan fingerprint density at radius 1 is 0.168 bits per heavy atom. The molecule has 0 amide bonds. The van der Waals surface area contributed by atoms with E-state index in [0.717, 1.165) is 62.2 Å². The lowest BCUT2D eigenvalue weighted by Gasteiger charge is -2.00. The van der Waals surface area contributed by atoms with Crippen molar-refractivity contribution in [2.75, 3.05) is 0 Å². The van der Waals surface area contributed by atoms with Gasteiger partial charge in [0, 0.05) is 152 Å². The molecule has 12 aromatic heterocycles. The highest BCUT2D eigenvalue weighted by Crippen LogP contribution is 2.20. The molecule has 0 fully saturated rings. The minimum atomic E-state index is 0.822. The molecule has 0 N–H and O–H groups in total. The van der Waals surface area contributed by atoms with Crippen molar-refractivity contribution in [2.45, 2.75) is 76.2 Å². The molecule has 12 heterocycles. The van der Waals surface area contributed by atoms with Crippen LogP contribution in [0.15, 0.2) is 343 Å². The Bertz CT molecular complexity index is 3730. The summed E-state index contributed by atoms with van der Waals surface area (Å²) < 4.78 is 0. The van der Waals surface area contributed by atoms with E-state index >= 15 is 0 Å². The smallest absolute Gasteiger partial charge is 0.125 e. The van der Waals surface area contributed by atoms with Crippen molar-refractivity contribution in [3.8, 4) is 44.9 Å². The number of benzene rings is 3. The number of hydrogen-bond acceptors (Lipinski definition) is 15. The molecular weight excluding hydrogens is 1240 g/mol. The number of rotatable bonds is 4. The molecule has 0 spiro atoms. The van der Waals surface area contributed by atoms with Crippen LogP contribution < -0.4 is 0 Å². The summed E-state index contributed by atoms with van der Waals surface area (Å²) in [6, 6.07) is 70.7. The van der Waals surface area contributed by atoms with Gasteiger partial charge in [0.05, 0.1) is 22.8 Å². The van der Waals surface area contributed by atoms with Gasteiger partial charge in [-0.2, -0.15) is 0 Å². The maximum atomic E-state index is 4.31. The zero-order valence-electron chi connectivity index (χ0n) is 59.5. The van der Waals surface area contributed by atoms with Crippen molar-refractivity contribution in [3.05, 3.63) is 404 Å². The Morgan fingerprint density at radius 3 is 0.990 bits per heavy atom. The van der Waals surface area contributed by atoms with E-state index < -0.39 is 0 Å². The average Bonchev–Trinajstić information content (AvgIpc) is 0.958. The first kappa shape index (κ1) is 78.9. The third-order valence-electron chi connectivity index (χ3n) is 13.3. The fraction of sp³-hybridized carbons (Fsp3) is 0.128. The molecule has 0 unspecified atom stereocenters. The van der Waals surface area contributed by atoms with E-state index in [1.54, 1.807) is 92.8 Å². The van der Waals surface area contributed by atoms with Crippen LogP contribution in [0, 0.1) is 76.2 Å². The second kappa shape index (κ2) is 48.9. The summed E-state index contributed by atoms with van der Waals surface area (Å²) in [6.45, 7) is 22.0. The van der Waals surface area contributed by atoms with Gasteiger partial charge in [-0.1, -0.05) is 139 Å². The summed E-state index contributed by atoms with van der Waals surface area (Å²) >= 11 is 0. The van der Waals surface area contributed by atoms with Gasteiger partial charge in [-0.05, 0) is 200 Å². The van der Waals surface area contributed by atoms with Crippen molar-refractivity contribution in [1.82, 2.24) is 74.8 Å². The monoisotopic (exact) mass is 1330 g/mol. The average molecular weight is 1330 g/mol. The predicted octanol–water partition coefficient (Wildman–Crippen LogP) is 19.5. The number of hydrogen-bond donors (Lipinski definition) is 0. The fourth-order valence-corrected chi connectivity index (χ4v) is 7.81. The molecule has 101 heavy (non-hydrogen) atoms. The molecule has 0 atom stereocenters. The van der Waals surface area contributed by atoms with E-state index in [4.69, 9.17) is 0 Å². The maximum absolute atomic E-state index is 4.31. The van der Waals surface area contributed by atoms with Gasteiger partial charge in [-0.15, -0.1) is 0 Å². The number of aryl methyl sites for hydroxylation is 11. The molecule has 0 saturated carbocycles. The van der Waals surface area contributed by atoms with Gasteiger partial charge >= 0.3 is 0 Å². The van der Waals surface area contributed by atoms with E-state index in [0.29, 0.717) is 0 Å². The lowest BCUT2D eigenvalue weighted by atomic mass is 10.0. The van der Waals surface area contributed by atoms with Crippen LogP contribution in [0.3, 0.4) is 0 Å².